The highest BCUT2D eigenvalue weighted by molar-refractivity contribution is 5.67. The molecule has 3 nitrogen and oxygen atoms in total. The minimum atomic E-state index is 0.731. The number of benzene rings is 1. The van der Waals surface area contributed by atoms with E-state index in [1.807, 2.05) is 18.2 Å². The molecule has 0 saturated heterocycles. The molecule has 0 spiro atoms. The third-order valence-electron chi connectivity index (χ3n) is 3.39. The van der Waals surface area contributed by atoms with Crippen LogP contribution in [0.1, 0.15) is 31.5 Å². The molecule has 2 rings (SSSR count). The maximum absolute atomic E-state index is 5.82. The molecule has 2 aromatic rings. The Morgan fingerprint density at radius 3 is 2.62 bits per heavy atom. The topological polar surface area (TPSA) is 34.1 Å². The smallest absolute Gasteiger partial charge is 0.128 e. The number of rotatable bonds is 7. The molecule has 0 aliphatic heterocycles. The van der Waals surface area contributed by atoms with Crippen molar-refractivity contribution in [3.8, 4) is 17.0 Å². The van der Waals surface area contributed by atoms with Crippen LogP contribution in [-0.2, 0) is 6.54 Å². The summed E-state index contributed by atoms with van der Waals surface area (Å²) in [6.45, 7) is 8.84. The van der Waals surface area contributed by atoms with Crippen LogP contribution in [0, 0.1) is 6.92 Å². The molecule has 1 aromatic heterocycles. The normalized spacial score (nSPS) is 10.6. The first-order valence-corrected chi connectivity index (χ1v) is 7.65. The number of nitrogens with one attached hydrogen (secondary N) is 1. The number of para-hydroxylation sites is 1. The molecule has 0 bridgehead atoms. The van der Waals surface area contributed by atoms with Crippen molar-refractivity contribution >= 4 is 0 Å². The van der Waals surface area contributed by atoms with Crippen LogP contribution in [0.4, 0.5) is 0 Å². The molecule has 112 valence electrons. The third-order valence-corrected chi connectivity index (χ3v) is 3.39. The van der Waals surface area contributed by atoms with Crippen molar-refractivity contribution in [3.05, 3.63) is 47.7 Å². The minimum absolute atomic E-state index is 0.731. The lowest BCUT2D eigenvalue weighted by Gasteiger charge is -2.12. The van der Waals surface area contributed by atoms with Crippen molar-refractivity contribution in [2.45, 2.75) is 33.7 Å². The molecule has 0 atom stereocenters. The standard InChI is InChI=1S/C18H24N2O/c1-4-12-21-18-9-7-6-8-16(18)17-11-10-15(13-19-5-2)14(3)20-17/h6-11,19H,4-5,12-13H2,1-3H3. The molecule has 21 heavy (non-hydrogen) atoms. The molecule has 1 heterocycles. The monoisotopic (exact) mass is 284 g/mol. The van der Waals surface area contributed by atoms with Gasteiger partial charge in [-0.2, -0.15) is 0 Å². The summed E-state index contributed by atoms with van der Waals surface area (Å²) >= 11 is 0. The quantitative estimate of drug-likeness (QED) is 0.835. The Hall–Kier alpha value is -1.87. The van der Waals surface area contributed by atoms with Crippen LogP contribution < -0.4 is 10.1 Å². The Morgan fingerprint density at radius 1 is 1.10 bits per heavy atom. The maximum atomic E-state index is 5.82. The van der Waals surface area contributed by atoms with E-state index < -0.39 is 0 Å². The zero-order chi connectivity index (χ0) is 15.1. The Labute approximate surface area is 127 Å². The fourth-order valence-corrected chi connectivity index (χ4v) is 2.20. The maximum Gasteiger partial charge on any atom is 0.128 e. The average molecular weight is 284 g/mol. The van der Waals surface area contributed by atoms with Gasteiger partial charge in [-0.25, -0.2) is 0 Å². The summed E-state index contributed by atoms with van der Waals surface area (Å²) in [5.41, 5.74) is 4.34. The highest BCUT2D eigenvalue weighted by Gasteiger charge is 2.09. The molecule has 0 aliphatic rings. The molecule has 0 amide bonds. The zero-order valence-electron chi connectivity index (χ0n) is 13.1. The molecule has 3 heteroatoms. The van der Waals surface area contributed by atoms with E-state index in [0.717, 1.165) is 48.8 Å². The molecular weight excluding hydrogens is 260 g/mol. The van der Waals surface area contributed by atoms with Gasteiger partial charge in [0, 0.05) is 17.8 Å². The highest BCUT2D eigenvalue weighted by Crippen LogP contribution is 2.29. The van der Waals surface area contributed by atoms with Gasteiger partial charge in [-0.3, -0.25) is 4.98 Å². The largest absolute Gasteiger partial charge is 0.493 e. The fourth-order valence-electron chi connectivity index (χ4n) is 2.20. The predicted molar refractivity (Wildman–Crippen MR) is 87.6 cm³/mol. The Kier molecular flexibility index (Phi) is 5.76. The SMILES string of the molecule is CCCOc1ccccc1-c1ccc(CNCC)c(C)n1. The van der Waals surface area contributed by atoms with Gasteiger partial charge >= 0.3 is 0 Å². The van der Waals surface area contributed by atoms with Crippen LogP contribution in [0.3, 0.4) is 0 Å². The van der Waals surface area contributed by atoms with E-state index in [9.17, 15) is 0 Å². The second-order valence-corrected chi connectivity index (χ2v) is 5.07. The minimum Gasteiger partial charge on any atom is -0.493 e. The van der Waals surface area contributed by atoms with E-state index in [1.54, 1.807) is 0 Å². The molecule has 0 saturated carbocycles. The molecule has 1 N–H and O–H groups in total. The molecule has 1 aromatic carbocycles. The first kappa shape index (κ1) is 15.5. The van der Waals surface area contributed by atoms with Gasteiger partial charge in [-0.05, 0) is 43.7 Å². The molecule has 0 radical (unpaired) electrons. The van der Waals surface area contributed by atoms with Crippen molar-refractivity contribution in [1.29, 1.82) is 0 Å². The van der Waals surface area contributed by atoms with Crippen molar-refractivity contribution in [2.75, 3.05) is 13.2 Å². The van der Waals surface area contributed by atoms with E-state index in [4.69, 9.17) is 9.72 Å². The number of hydrogen-bond acceptors (Lipinski definition) is 3. The van der Waals surface area contributed by atoms with Crippen molar-refractivity contribution in [3.63, 3.8) is 0 Å². The first-order chi connectivity index (χ1) is 10.3. The van der Waals surface area contributed by atoms with Gasteiger partial charge in [0.25, 0.3) is 0 Å². The number of aromatic nitrogens is 1. The van der Waals surface area contributed by atoms with Gasteiger partial charge in [-0.1, -0.05) is 32.0 Å². The predicted octanol–water partition coefficient (Wildman–Crippen LogP) is 3.96. The number of ether oxygens (including phenoxy) is 1. The van der Waals surface area contributed by atoms with Gasteiger partial charge < -0.3 is 10.1 Å². The van der Waals surface area contributed by atoms with Gasteiger partial charge in [0.05, 0.1) is 12.3 Å². The van der Waals surface area contributed by atoms with Crippen molar-refractivity contribution in [1.82, 2.24) is 10.3 Å². The Balaban J connectivity index is 2.27. The van der Waals surface area contributed by atoms with E-state index in [1.165, 1.54) is 5.56 Å². The molecule has 0 unspecified atom stereocenters. The summed E-state index contributed by atoms with van der Waals surface area (Å²) in [6, 6.07) is 12.3. The second-order valence-electron chi connectivity index (χ2n) is 5.07. The van der Waals surface area contributed by atoms with Crippen molar-refractivity contribution in [2.24, 2.45) is 0 Å². The molecule has 0 aliphatic carbocycles. The molecular formula is C18H24N2O. The summed E-state index contributed by atoms with van der Waals surface area (Å²) in [5.74, 6) is 0.908. The van der Waals surface area contributed by atoms with Crippen LogP contribution in [0.2, 0.25) is 0 Å². The van der Waals surface area contributed by atoms with Gasteiger partial charge in [0.2, 0.25) is 0 Å². The van der Waals surface area contributed by atoms with Crippen molar-refractivity contribution < 1.29 is 4.74 Å². The third kappa shape index (κ3) is 4.05. The number of nitrogens with zero attached hydrogens (tertiary/aromatic N) is 1. The lowest BCUT2D eigenvalue weighted by Crippen LogP contribution is -2.13. The van der Waals surface area contributed by atoms with Crippen LogP contribution in [0.15, 0.2) is 36.4 Å². The van der Waals surface area contributed by atoms with Crippen LogP contribution in [-0.4, -0.2) is 18.1 Å². The number of pyridine rings is 1. The van der Waals surface area contributed by atoms with E-state index in [-0.39, 0.29) is 0 Å². The van der Waals surface area contributed by atoms with Crippen LogP contribution in [0.5, 0.6) is 5.75 Å². The van der Waals surface area contributed by atoms with Gasteiger partial charge in [-0.15, -0.1) is 0 Å². The van der Waals surface area contributed by atoms with E-state index in [0.29, 0.717) is 0 Å². The lowest BCUT2D eigenvalue weighted by molar-refractivity contribution is 0.318. The summed E-state index contributed by atoms with van der Waals surface area (Å²) in [4.78, 5) is 4.75. The van der Waals surface area contributed by atoms with E-state index >= 15 is 0 Å². The summed E-state index contributed by atoms with van der Waals surface area (Å²) < 4.78 is 5.82. The van der Waals surface area contributed by atoms with Gasteiger partial charge in [0.1, 0.15) is 5.75 Å². The second kappa shape index (κ2) is 7.79. The number of aryl methyl sites for hydroxylation is 1. The Bertz CT molecular complexity index is 581. The van der Waals surface area contributed by atoms with Gasteiger partial charge in [0.15, 0.2) is 0 Å². The summed E-state index contributed by atoms with van der Waals surface area (Å²) in [6.07, 6.45) is 1.00. The lowest BCUT2D eigenvalue weighted by atomic mass is 10.1. The molecule has 0 fully saturated rings. The first-order valence-electron chi connectivity index (χ1n) is 7.65. The average Bonchev–Trinajstić information content (AvgIpc) is 2.52. The van der Waals surface area contributed by atoms with Crippen LogP contribution in [0.25, 0.3) is 11.3 Å². The van der Waals surface area contributed by atoms with Crippen LogP contribution >= 0.6 is 0 Å². The zero-order valence-corrected chi connectivity index (χ0v) is 13.1. The summed E-state index contributed by atoms with van der Waals surface area (Å²) in [5, 5.41) is 3.34. The Morgan fingerprint density at radius 2 is 1.90 bits per heavy atom. The summed E-state index contributed by atoms with van der Waals surface area (Å²) in [7, 11) is 0. The van der Waals surface area contributed by atoms with E-state index in [2.05, 4.69) is 44.3 Å². The fraction of sp³-hybridized carbons (Fsp3) is 0.389. The number of hydrogen-bond donors (Lipinski definition) is 1. The highest BCUT2D eigenvalue weighted by atomic mass is 16.5.